The summed E-state index contributed by atoms with van der Waals surface area (Å²) in [5.74, 6) is -0.0794. The highest BCUT2D eigenvalue weighted by Gasteiger charge is 2.16. The van der Waals surface area contributed by atoms with Gasteiger partial charge in [0, 0.05) is 11.9 Å². The summed E-state index contributed by atoms with van der Waals surface area (Å²) in [5, 5.41) is 9.23. The number of hydrogen-bond donors (Lipinski definition) is 1. The van der Waals surface area contributed by atoms with Gasteiger partial charge in [-0.25, -0.2) is 8.78 Å². The molecule has 106 valence electrons. The summed E-state index contributed by atoms with van der Waals surface area (Å²) < 4.78 is 30.1. The standard InChI is InChI=1S/C11H8ClF2N3O2S/c1-5(18)15-7-4-6(12)2-3-8(7)19-11-17-16-10(20-11)9(13)14/h2-4,9H,1H3,(H,15,18). The van der Waals surface area contributed by atoms with Gasteiger partial charge >= 0.3 is 0 Å². The normalized spacial score (nSPS) is 10.7. The lowest BCUT2D eigenvalue weighted by Gasteiger charge is -2.09. The zero-order valence-electron chi connectivity index (χ0n) is 10.1. The van der Waals surface area contributed by atoms with E-state index in [0.29, 0.717) is 22.0 Å². The number of anilines is 1. The fourth-order valence-corrected chi connectivity index (χ4v) is 2.06. The Hall–Kier alpha value is -1.80. The first-order valence-electron chi connectivity index (χ1n) is 5.32. The molecule has 1 aromatic heterocycles. The molecule has 20 heavy (non-hydrogen) atoms. The van der Waals surface area contributed by atoms with E-state index in [4.69, 9.17) is 16.3 Å². The van der Waals surface area contributed by atoms with Gasteiger partial charge in [0.15, 0.2) is 10.8 Å². The lowest BCUT2D eigenvalue weighted by atomic mass is 10.3. The summed E-state index contributed by atoms with van der Waals surface area (Å²) >= 11 is 6.45. The molecule has 1 amide bonds. The number of amides is 1. The summed E-state index contributed by atoms with van der Waals surface area (Å²) in [7, 11) is 0. The molecule has 0 saturated carbocycles. The van der Waals surface area contributed by atoms with Crippen molar-refractivity contribution >= 4 is 34.5 Å². The third kappa shape index (κ3) is 3.61. The van der Waals surface area contributed by atoms with Crippen molar-refractivity contribution in [2.24, 2.45) is 0 Å². The van der Waals surface area contributed by atoms with Crippen LogP contribution in [0.5, 0.6) is 10.9 Å². The summed E-state index contributed by atoms with van der Waals surface area (Å²) in [4.78, 5) is 11.1. The highest BCUT2D eigenvalue weighted by Crippen LogP contribution is 2.35. The molecule has 0 atom stereocenters. The molecule has 2 aromatic rings. The Kier molecular flexibility index (Phi) is 4.46. The predicted octanol–water partition coefficient (Wildman–Crippen LogP) is 3.88. The molecule has 0 aliphatic heterocycles. The Morgan fingerprint density at radius 1 is 1.45 bits per heavy atom. The van der Waals surface area contributed by atoms with Gasteiger partial charge in [-0.05, 0) is 18.2 Å². The van der Waals surface area contributed by atoms with E-state index in [1.165, 1.54) is 25.1 Å². The Morgan fingerprint density at radius 2 is 2.20 bits per heavy atom. The monoisotopic (exact) mass is 319 g/mol. The molecule has 1 aromatic carbocycles. The van der Waals surface area contributed by atoms with Crippen LogP contribution in [0.15, 0.2) is 18.2 Å². The van der Waals surface area contributed by atoms with Crippen LogP contribution >= 0.6 is 22.9 Å². The SMILES string of the molecule is CC(=O)Nc1cc(Cl)ccc1Oc1nnc(C(F)F)s1. The van der Waals surface area contributed by atoms with Crippen molar-refractivity contribution in [3.8, 4) is 10.9 Å². The average Bonchev–Trinajstić information content (AvgIpc) is 2.80. The van der Waals surface area contributed by atoms with Crippen LogP contribution in [0.4, 0.5) is 14.5 Å². The van der Waals surface area contributed by atoms with Crippen LogP contribution < -0.4 is 10.1 Å². The van der Waals surface area contributed by atoms with E-state index < -0.39 is 11.4 Å². The number of rotatable bonds is 4. The zero-order chi connectivity index (χ0) is 14.7. The van der Waals surface area contributed by atoms with Gasteiger partial charge in [0.2, 0.25) is 5.91 Å². The maximum Gasteiger partial charge on any atom is 0.299 e. The van der Waals surface area contributed by atoms with Crippen molar-refractivity contribution < 1.29 is 18.3 Å². The molecular weight excluding hydrogens is 312 g/mol. The fourth-order valence-electron chi connectivity index (χ4n) is 1.32. The lowest BCUT2D eigenvalue weighted by molar-refractivity contribution is -0.114. The van der Waals surface area contributed by atoms with Gasteiger partial charge in [-0.15, -0.1) is 5.10 Å². The largest absolute Gasteiger partial charge is 0.428 e. The van der Waals surface area contributed by atoms with Crippen LogP contribution in [0.2, 0.25) is 5.02 Å². The van der Waals surface area contributed by atoms with Crippen LogP contribution in [0, 0.1) is 0 Å². The molecule has 0 unspecified atom stereocenters. The first kappa shape index (κ1) is 14.6. The molecule has 0 aliphatic rings. The van der Waals surface area contributed by atoms with Crippen molar-refractivity contribution in [3.05, 3.63) is 28.2 Å². The van der Waals surface area contributed by atoms with E-state index in [9.17, 15) is 13.6 Å². The number of halogens is 3. The van der Waals surface area contributed by atoms with E-state index in [2.05, 4.69) is 15.5 Å². The molecule has 2 rings (SSSR count). The molecule has 1 heterocycles. The van der Waals surface area contributed by atoms with Gasteiger partial charge in [0.05, 0.1) is 5.69 Å². The Labute approximate surface area is 121 Å². The van der Waals surface area contributed by atoms with Gasteiger partial charge in [-0.2, -0.15) is 0 Å². The number of carbonyl (C=O) groups is 1. The Bertz CT molecular complexity index is 636. The van der Waals surface area contributed by atoms with E-state index in [0.717, 1.165) is 0 Å². The van der Waals surface area contributed by atoms with Gasteiger partial charge in [-0.1, -0.05) is 28.0 Å². The number of nitrogens with one attached hydrogen (secondary N) is 1. The first-order valence-corrected chi connectivity index (χ1v) is 6.51. The Balaban J connectivity index is 2.25. The summed E-state index contributed by atoms with van der Waals surface area (Å²) in [6, 6.07) is 4.52. The van der Waals surface area contributed by atoms with Crippen LogP contribution in [0.25, 0.3) is 0 Å². The van der Waals surface area contributed by atoms with Gasteiger partial charge < -0.3 is 10.1 Å². The topological polar surface area (TPSA) is 64.1 Å². The van der Waals surface area contributed by atoms with Crippen molar-refractivity contribution in [3.63, 3.8) is 0 Å². The average molecular weight is 320 g/mol. The molecule has 5 nitrogen and oxygen atoms in total. The summed E-state index contributed by atoms with van der Waals surface area (Å²) in [6.45, 7) is 1.32. The van der Waals surface area contributed by atoms with E-state index in [-0.39, 0.29) is 16.9 Å². The first-order chi connectivity index (χ1) is 9.45. The van der Waals surface area contributed by atoms with Crippen molar-refractivity contribution in [1.82, 2.24) is 10.2 Å². The third-order valence-electron chi connectivity index (χ3n) is 2.06. The second-order valence-corrected chi connectivity index (χ2v) is 5.04. The van der Waals surface area contributed by atoms with Crippen LogP contribution in [0.1, 0.15) is 18.4 Å². The molecule has 0 fully saturated rings. The van der Waals surface area contributed by atoms with Crippen LogP contribution in [-0.4, -0.2) is 16.1 Å². The molecule has 1 N–H and O–H groups in total. The maximum absolute atomic E-state index is 12.4. The minimum atomic E-state index is -2.70. The quantitative estimate of drug-likeness (QED) is 0.928. The number of alkyl halides is 2. The molecule has 0 aliphatic carbocycles. The zero-order valence-corrected chi connectivity index (χ0v) is 11.6. The second-order valence-electron chi connectivity index (χ2n) is 3.63. The minimum Gasteiger partial charge on any atom is -0.428 e. The van der Waals surface area contributed by atoms with Crippen molar-refractivity contribution in [2.45, 2.75) is 13.3 Å². The number of carbonyl (C=O) groups excluding carboxylic acids is 1. The van der Waals surface area contributed by atoms with Crippen molar-refractivity contribution in [2.75, 3.05) is 5.32 Å². The van der Waals surface area contributed by atoms with E-state index in [1.54, 1.807) is 0 Å². The number of nitrogens with zero attached hydrogens (tertiary/aromatic N) is 2. The number of benzene rings is 1. The lowest BCUT2D eigenvalue weighted by Crippen LogP contribution is -2.06. The highest BCUT2D eigenvalue weighted by molar-refractivity contribution is 7.13. The Morgan fingerprint density at radius 3 is 2.80 bits per heavy atom. The summed E-state index contributed by atoms with van der Waals surface area (Å²) in [5.41, 5.74) is 0.318. The predicted molar refractivity (Wildman–Crippen MR) is 70.7 cm³/mol. The second kappa shape index (κ2) is 6.10. The molecule has 0 radical (unpaired) electrons. The summed E-state index contributed by atoms with van der Waals surface area (Å²) in [6.07, 6.45) is -2.70. The smallest absolute Gasteiger partial charge is 0.299 e. The molecular formula is C11H8ClF2N3O2S. The van der Waals surface area contributed by atoms with Crippen LogP contribution in [-0.2, 0) is 4.79 Å². The number of ether oxygens (including phenoxy) is 1. The molecule has 0 spiro atoms. The molecule has 0 bridgehead atoms. The minimum absolute atomic E-state index is 0.0470. The number of hydrogen-bond acceptors (Lipinski definition) is 5. The molecule has 0 saturated heterocycles. The van der Waals surface area contributed by atoms with E-state index >= 15 is 0 Å². The maximum atomic E-state index is 12.4. The number of aromatic nitrogens is 2. The highest BCUT2D eigenvalue weighted by atomic mass is 35.5. The van der Waals surface area contributed by atoms with Gasteiger partial charge in [-0.3, -0.25) is 4.79 Å². The van der Waals surface area contributed by atoms with Gasteiger partial charge in [0.25, 0.3) is 11.6 Å². The van der Waals surface area contributed by atoms with Crippen LogP contribution in [0.3, 0.4) is 0 Å². The molecule has 9 heteroatoms. The third-order valence-corrected chi connectivity index (χ3v) is 3.10. The fraction of sp³-hybridized carbons (Fsp3) is 0.182. The van der Waals surface area contributed by atoms with Crippen molar-refractivity contribution in [1.29, 1.82) is 0 Å². The van der Waals surface area contributed by atoms with E-state index in [1.807, 2.05) is 0 Å². The van der Waals surface area contributed by atoms with Gasteiger partial charge in [0.1, 0.15) is 0 Å².